The topological polar surface area (TPSA) is 47.6 Å². The van der Waals surface area contributed by atoms with Gasteiger partial charge in [-0.3, -0.25) is 0 Å². The van der Waals surface area contributed by atoms with Gasteiger partial charge in [-0.05, 0) is 52.8 Å². The molecule has 6 heteroatoms. The first-order chi connectivity index (χ1) is 10.3. The zero-order chi connectivity index (χ0) is 16.3. The van der Waals surface area contributed by atoms with Crippen LogP contribution in [0, 0.1) is 11.6 Å². The number of ether oxygens (including phenoxy) is 2. The highest BCUT2D eigenvalue weighted by molar-refractivity contribution is 5.90. The highest BCUT2D eigenvalue weighted by Gasteiger charge is 2.24. The van der Waals surface area contributed by atoms with Gasteiger partial charge in [0.1, 0.15) is 17.5 Å². The average Bonchev–Trinajstić information content (AvgIpc) is 2.41. The molecule has 0 unspecified atom stereocenters. The van der Waals surface area contributed by atoms with E-state index in [1.54, 1.807) is 20.8 Å². The standard InChI is InChI=1S/C16H21F2NO3/c1-16(2,3)22-15(20)11-8-13(18)14(9-12(11)17)21-10-4-6-19-7-5-10/h8-10,19H,4-7H2,1-3H3. The van der Waals surface area contributed by atoms with E-state index in [1.165, 1.54) is 0 Å². The highest BCUT2D eigenvalue weighted by atomic mass is 19.1. The summed E-state index contributed by atoms with van der Waals surface area (Å²) in [6, 6.07) is 1.75. The Bertz CT molecular complexity index is 549. The first-order valence-electron chi connectivity index (χ1n) is 7.36. The normalized spacial score (nSPS) is 16.4. The van der Waals surface area contributed by atoms with Gasteiger partial charge in [0.2, 0.25) is 0 Å². The second-order valence-electron chi connectivity index (χ2n) is 6.33. The fraction of sp³-hybridized carbons (Fsp3) is 0.562. The lowest BCUT2D eigenvalue weighted by atomic mass is 10.1. The van der Waals surface area contributed by atoms with Crippen molar-refractivity contribution in [1.29, 1.82) is 0 Å². The molecule has 1 aromatic carbocycles. The van der Waals surface area contributed by atoms with Gasteiger partial charge >= 0.3 is 5.97 Å². The summed E-state index contributed by atoms with van der Waals surface area (Å²) in [7, 11) is 0. The average molecular weight is 313 g/mol. The number of halogens is 2. The third-order valence-electron chi connectivity index (χ3n) is 3.22. The van der Waals surface area contributed by atoms with Crippen molar-refractivity contribution < 1.29 is 23.0 Å². The maximum Gasteiger partial charge on any atom is 0.341 e. The minimum absolute atomic E-state index is 0.150. The Kier molecular flexibility index (Phi) is 5.01. The summed E-state index contributed by atoms with van der Waals surface area (Å²) < 4.78 is 38.7. The zero-order valence-corrected chi connectivity index (χ0v) is 13.0. The largest absolute Gasteiger partial charge is 0.487 e. The summed E-state index contributed by atoms with van der Waals surface area (Å²) in [6.45, 7) is 6.55. The van der Waals surface area contributed by atoms with E-state index in [1.807, 2.05) is 0 Å². The Hall–Kier alpha value is -1.69. The molecule has 0 aromatic heterocycles. The smallest absolute Gasteiger partial charge is 0.341 e. The maximum atomic E-state index is 14.1. The van der Waals surface area contributed by atoms with E-state index in [9.17, 15) is 13.6 Å². The van der Waals surface area contributed by atoms with Crippen LogP contribution in [0.1, 0.15) is 44.0 Å². The molecule has 0 bridgehead atoms. The Morgan fingerprint density at radius 3 is 2.41 bits per heavy atom. The first kappa shape index (κ1) is 16.7. The van der Waals surface area contributed by atoms with Crippen molar-refractivity contribution in [3.05, 3.63) is 29.3 Å². The second-order valence-corrected chi connectivity index (χ2v) is 6.33. The molecule has 1 heterocycles. The van der Waals surface area contributed by atoms with Gasteiger partial charge in [0.15, 0.2) is 11.6 Å². The van der Waals surface area contributed by atoms with Crippen LogP contribution in [0.3, 0.4) is 0 Å². The molecule has 1 aliphatic rings. The zero-order valence-electron chi connectivity index (χ0n) is 13.0. The van der Waals surface area contributed by atoms with E-state index < -0.39 is 28.8 Å². The lowest BCUT2D eigenvalue weighted by Gasteiger charge is -2.24. The minimum Gasteiger partial charge on any atom is -0.487 e. The number of nitrogens with one attached hydrogen (secondary N) is 1. The van der Waals surface area contributed by atoms with Crippen molar-refractivity contribution in [2.24, 2.45) is 0 Å². The van der Waals surface area contributed by atoms with Crippen molar-refractivity contribution >= 4 is 5.97 Å². The Morgan fingerprint density at radius 1 is 1.18 bits per heavy atom. The molecule has 122 valence electrons. The van der Waals surface area contributed by atoms with Crippen LogP contribution >= 0.6 is 0 Å². The van der Waals surface area contributed by atoms with Gasteiger partial charge in [-0.1, -0.05) is 0 Å². The Balaban J connectivity index is 2.15. The van der Waals surface area contributed by atoms with Crippen LogP contribution in [-0.2, 0) is 4.74 Å². The molecule has 0 atom stereocenters. The maximum absolute atomic E-state index is 14.1. The van der Waals surface area contributed by atoms with Crippen LogP contribution < -0.4 is 10.1 Å². The minimum atomic E-state index is -0.891. The van der Waals surface area contributed by atoms with Crippen molar-refractivity contribution in [1.82, 2.24) is 5.32 Å². The van der Waals surface area contributed by atoms with Gasteiger partial charge in [-0.15, -0.1) is 0 Å². The summed E-state index contributed by atoms with van der Waals surface area (Å²) in [6.07, 6.45) is 1.31. The lowest BCUT2D eigenvalue weighted by Crippen LogP contribution is -2.34. The molecule has 0 radical (unpaired) electrons. The van der Waals surface area contributed by atoms with Crippen LogP contribution in [0.5, 0.6) is 5.75 Å². The number of carbonyl (C=O) groups is 1. The van der Waals surface area contributed by atoms with Crippen LogP contribution in [0.25, 0.3) is 0 Å². The van der Waals surface area contributed by atoms with Crippen molar-refractivity contribution in [2.75, 3.05) is 13.1 Å². The third kappa shape index (κ3) is 4.40. The number of hydrogen-bond acceptors (Lipinski definition) is 4. The lowest BCUT2D eigenvalue weighted by molar-refractivity contribution is 0.00640. The molecule has 1 saturated heterocycles. The molecule has 0 amide bonds. The number of piperidine rings is 1. The molecule has 2 rings (SSSR count). The quantitative estimate of drug-likeness (QED) is 0.871. The predicted molar refractivity (Wildman–Crippen MR) is 78.0 cm³/mol. The van der Waals surface area contributed by atoms with Crippen LogP contribution in [0.15, 0.2) is 12.1 Å². The fourth-order valence-electron chi connectivity index (χ4n) is 2.20. The molecule has 1 aliphatic heterocycles. The van der Waals surface area contributed by atoms with Crippen molar-refractivity contribution in [3.63, 3.8) is 0 Å². The first-order valence-corrected chi connectivity index (χ1v) is 7.36. The number of benzene rings is 1. The van der Waals surface area contributed by atoms with Crippen molar-refractivity contribution in [3.8, 4) is 5.75 Å². The number of rotatable bonds is 3. The van der Waals surface area contributed by atoms with Gasteiger partial charge in [-0.25, -0.2) is 13.6 Å². The summed E-state index contributed by atoms with van der Waals surface area (Å²) >= 11 is 0. The number of hydrogen-bond donors (Lipinski definition) is 1. The molecule has 0 aliphatic carbocycles. The molecular formula is C16H21F2NO3. The monoisotopic (exact) mass is 313 g/mol. The van der Waals surface area contributed by atoms with Gasteiger partial charge in [0, 0.05) is 6.07 Å². The van der Waals surface area contributed by atoms with Gasteiger partial charge in [0.05, 0.1) is 5.56 Å². The van der Waals surface area contributed by atoms with Crippen LogP contribution in [0.4, 0.5) is 8.78 Å². The SMILES string of the molecule is CC(C)(C)OC(=O)c1cc(F)c(OC2CCNCC2)cc1F. The molecule has 4 nitrogen and oxygen atoms in total. The number of carbonyl (C=O) groups excluding carboxylic acids is 1. The van der Waals surface area contributed by atoms with E-state index in [-0.39, 0.29) is 11.9 Å². The molecule has 0 spiro atoms. The van der Waals surface area contributed by atoms with E-state index in [4.69, 9.17) is 9.47 Å². The molecule has 22 heavy (non-hydrogen) atoms. The number of esters is 1. The molecule has 0 saturated carbocycles. The van der Waals surface area contributed by atoms with E-state index >= 15 is 0 Å². The van der Waals surface area contributed by atoms with Crippen LogP contribution in [0.2, 0.25) is 0 Å². The molecule has 1 aromatic rings. The molecule has 1 fully saturated rings. The fourth-order valence-corrected chi connectivity index (χ4v) is 2.20. The predicted octanol–water partition coefficient (Wildman–Crippen LogP) is 3.05. The molecule has 1 N–H and O–H groups in total. The summed E-state index contributed by atoms with van der Waals surface area (Å²) in [5.74, 6) is -2.67. The van der Waals surface area contributed by atoms with Gasteiger partial charge < -0.3 is 14.8 Å². The van der Waals surface area contributed by atoms with E-state index in [0.29, 0.717) is 0 Å². The summed E-state index contributed by atoms with van der Waals surface area (Å²) in [5.41, 5.74) is -1.20. The highest BCUT2D eigenvalue weighted by Crippen LogP contribution is 2.25. The third-order valence-corrected chi connectivity index (χ3v) is 3.22. The van der Waals surface area contributed by atoms with Crippen LogP contribution in [-0.4, -0.2) is 30.8 Å². The van der Waals surface area contributed by atoms with Gasteiger partial charge in [0.25, 0.3) is 0 Å². The second kappa shape index (κ2) is 6.60. The van der Waals surface area contributed by atoms with E-state index in [2.05, 4.69) is 5.32 Å². The Labute approximate surface area is 128 Å². The van der Waals surface area contributed by atoms with Crippen molar-refractivity contribution in [2.45, 2.75) is 45.3 Å². The molecular weight excluding hydrogens is 292 g/mol. The summed E-state index contributed by atoms with van der Waals surface area (Å²) in [5, 5.41) is 3.16. The van der Waals surface area contributed by atoms with Gasteiger partial charge in [-0.2, -0.15) is 0 Å². The van der Waals surface area contributed by atoms with E-state index in [0.717, 1.165) is 38.1 Å². The summed E-state index contributed by atoms with van der Waals surface area (Å²) in [4.78, 5) is 11.9. The Morgan fingerprint density at radius 2 is 1.82 bits per heavy atom.